The van der Waals surface area contributed by atoms with Gasteiger partial charge in [-0.3, -0.25) is 4.57 Å². The molecule has 0 amide bonds. The molecule has 0 aliphatic carbocycles. The average molecular weight is 481 g/mol. The summed E-state index contributed by atoms with van der Waals surface area (Å²) in [6.07, 6.45) is -2.94. The first-order chi connectivity index (χ1) is 16.4. The van der Waals surface area contributed by atoms with Gasteiger partial charge in [0.1, 0.15) is 17.2 Å². The molecule has 182 valence electrons. The molecule has 1 heterocycles. The summed E-state index contributed by atoms with van der Waals surface area (Å²) in [5, 5.41) is 10.6. The van der Waals surface area contributed by atoms with E-state index in [0.717, 1.165) is 22.9 Å². The Morgan fingerprint density at radius 3 is 2.20 bits per heavy atom. The van der Waals surface area contributed by atoms with Crippen molar-refractivity contribution in [3.63, 3.8) is 0 Å². The quantitative estimate of drug-likeness (QED) is 0.316. The minimum absolute atomic E-state index is 0.0269. The molecule has 0 fully saturated rings. The number of aliphatic hydroxyl groups is 1. The number of alkyl halides is 3. The summed E-state index contributed by atoms with van der Waals surface area (Å²) in [4.78, 5) is 4.44. The number of imidazole rings is 1. The summed E-state index contributed by atoms with van der Waals surface area (Å²) >= 11 is 0. The number of halogens is 3. The molecule has 0 unspecified atom stereocenters. The smallest absolute Gasteiger partial charge is 0.417 e. The Kier molecular flexibility index (Phi) is 6.47. The molecule has 1 N–H and O–H groups in total. The largest absolute Gasteiger partial charge is 0.491 e. The molecule has 7 heteroatoms. The van der Waals surface area contributed by atoms with Gasteiger partial charge in [0.25, 0.3) is 0 Å². The van der Waals surface area contributed by atoms with Gasteiger partial charge in [-0.1, -0.05) is 42.5 Å². The summed E-state index contributed by atoms with van der Waals surface area (Å²) in [5.74, 6) is 0.832. The van der Waals surface area contributed by atoms with Crippen LogP contribution in [0.3, 0.4) is 0 Å². The van der Waals surface area contributed by atoms with Gasteiger partial charge in [0.05, 0.1) is 17.4 Å². The van der Waals surface area contributed by atoms with Crippen molar-refractivity contribution in [2.75, 3.05) is 0 Å². The fourth-order valence-electron chi connectivity index (χ4n) is 3.84. The Bertz CT molecular complexity index is 1330. The first kappa shape index (κ1) is 24.5. The molecule has 0 aliphatic rings. The highest BCUT2D eigenvalue weighted by atomic mass is 19.4. The Hall–Kier alpha value is -3.58. The highest BCUT2D eigenvalue weighted by molar-refractivity contribution is 5.70. The zero-order valence-electron chi connectivity index (χ0n) is 20.0. The van der Waals surface area contributed by atoms with Crippen molar-refractivity contribution in [2.24, 2.45) is 0 Å². The van der Waals surface area contributed by atoms with Crippen molar-refractivity contribution in [1.29, 1.82) is 0 Å². The Labute approximate surface area is 202 Å². The van der Waals surface area contributed by atoms with Gasteiger partial charge in [-0.05, 0) is 69.2 Å². The van der Waals surface area contributed by atoms with E-state index in [0.29, 0.717) is 5.69 Å². The van der Waals surface area contributed by atoms with Crippen LogP contribution in [0.2, 0.25) is 0 Å². The molecule has 0 atom stereocenters. The molecule has 4 nitrogen and oxygen atoms in total. The minimum atomic E-state index is -4.55. The maximum atomic E-state index is 13.8. The lowest BCUT2D eigenvalue weighted by Crippen LogP contribution is -2.15. The zero-order valence-corrected chi connectivity index (χ0v) is 20.0. The van der Waals surface area contributed by atoms with Crippen LogP contribution in [0.25, 0.3) is 28.2 Å². The van der Waals surface area contributed by atoms with Crippen LogP contribution in [-0.2, 0) is 11.8 Å². The Morgan fingerprint density at radius 1 is 0.886 bits per heavy atom. The van der Waals surface area contributed by atoms with E-state index in [2.05, 4.69) is 4.98 Å². The van der Waals surface area contributed by atoms with Crippen molar-refractivity contribution in [2.45, 2.75) is 45.6 Å². The number of aromatic nitrogens is 2. The van der Waals surface area contributed by atoms with Crippen LogP contribution in [0.5, 0.6) is 5.75 Å². The van der Waals surface area contributed by atoms with Gasteiger partial charge in [-0.2, -0.15) is 13.2 Å². The molecule has 0 radical (unpaired) electrons. The number of hydrogen-bond acceptors (Lipinski definition) is 3. The molecular formula is C28H27F3N2O2. The van der Waals surface area contributed by atoms with E-state index in [1.807, 2.05) is 56.3 Å². The lowest BCUT2D eigenvalue weighted by molar-refractivity contribution is -0.137. The predicted octanol–water partition coefficient (Wildman–Crippen LogP) is 7.24. The van der Waals surface area contributed by atoms with E-state index < -0.39 is 17.3 Å². The van der Waals surface area contributed by atoms with Gasteiger partial charge in [0.15, 0.2) is 0 Å². The molecular weight excluding hydrogens is 453 g/mol. The monoisotopic (exact) mass is 480 g/mol. The third-order valence-electron chi connectivity index (χ3n) is 5.47. The summed E-state index contributed by atoms with van der Waals surface area (Å²) in [7, 11) is 0. The zero-order chi connectivity index (χ0) is 25.4. The second-order valence-corrected chi connectivity index (χ2v) is 9.17. The second-order valence-electron chi connectivity index (χ2n) is 9.17. The van der Waals surface area contributed by atoms with E-state index in [1.165, 1.54) is 12.1 Å². The standard InChI is InChI=1S/C28H27F3N2O2/c1-18(2)35-22-12-8-10-20(16-22)19-9-7-11-21(15-19)33-17-25(27(3,4)34)32-26(33)23-13-5-6-14-24(23)28(29,30)31/h5-18,34H,1-4H3. The van der Waals surface area contributed by atoms with E-state index in [9.17, 15) is 18.3 Å². The van der Waals surface area contributed by atoms with Gasteiger partial charge in [-0.15, -0.1) is 0 Å². The van der Waals surface area contributed by atoms with Crippen LogP contribution in [0.15, 0.2) is 79.0 Å². The highest BCUT2D eigenvalue weighted by Gasteiger charge is 2.35. The molecule has 35 heavy (non-hydrogen) atoms. The Morgan fingerprint density at radius 2 is 1.54 bits per heavy atom. The first-order valence-electron chi connectivity index (χ1n) is 11.3. The first-order valence-corrected chi connectivity index (χ1v) is 11.3. The molecule has 0 bridgehead atoms. The highest BCUT2D eigenvalue weighted by Crippen LogP contribution is 2.38. The number of nitrogens with zero attached hydrogens (tertiary/aromatic N) is 2. The van der Waals surface area contributed by atoms with Crippen molar-refractivity contribution in [1.82, 2.24) is 9.55 Å². The summed E-state index contributed by atoms with van der Waals surface area (Å²) in [6.45, 7) is 7.01. The summed E-state index contributed by atoms with van der Waals surface area (Å²) in [6, 6.07) is 20.4. The Balaban J connectivity index is 1.87. The van der Waals surface area contributed by atoms with Gasteiger partial charge in [-0.25, -0.2) is 4.98 Å². The summed E-state index contributed by atoms with van der Waals surface area (Å²) in [5.41, 5.74) is 0.468. The number of ether oxygens (including phenoxy) is 1. The maximum absolute atomic E-state index is 13.8. The van der Waals surface area contributed by atoms with Crippen molar-refractivity contribution >= 4 is 0 Å². The molecule has 3 aromatic carbocycles. The van der Waals surface area contributed by atoms with Crippen LogP contribution in [0.1, 0.15) is 39.0 Å². The number of hydrogen-bond donors (Lipinski definition) is 1. The van der Waals surface area contributed by atoms with Crippen molar-refractivity contribution in [3.8, 4) is 34.0 Å². The minimum Gasteiger partial charge on any atom is -0.491 e. The summed E-state index contributed by atoms with van der Waals surface area (Å²) < 4.78 is 48.9. The predicted molar refractivity (Wildman–Crippen MR) is 130 cm³/mol. The van der Waals surface area contributed by atoms with E-state index in [-0.39, 0.29) is 23.2 Å². The fourth-order valence-corrected chi connectivity index (χ4v) is 3.84. The normalized spacial score (nSPS) is 12.3. The van der Waals surface area contributed by atoms with Crippen LogP contribution in [0.4, 0.5) is 13.2 Å². The van der Waals surface area contributed by atoms with Gasteiger partial charge >= 0.3 is 6.18 Å². The van der Waals surface area contributed by atoms with E-state index in [1.54, 1.807) is 36.7 Å². The van der Waals surface area contributed by atoms with E-state index in [4.69, 9.17) is 4.74 Å². The molecule has 4 aromatic rings. The lowest BCUT2D eigenvalue weighted by atomic mass is 10.0. The molecule has 0 saturated heterocycles. The van der Waals surface area contributed by atoms with Crippen molar-refractivity contribution in [3.05, 3.63) is 90.3 Å². The maximum Gasteiger partial charge on any atom is 0.417 e. The van der Waals surface area contributed by atoms with Crippen LogP contribution < -0.4 is 4.74 Å². The number of rotatable bonds is 6. The molecule has 0 spiro atoms. The van der Waals surface area contributed by atoms with Gasteiger partial charge in [0, 0.05) is 17.4 Å². The van der Waals surface area contributed by atoms with Crippen LogP contribution in [0, 0.1) is 0 Å². The third-order valence-corrected chi connectivity index (χ3v) is 5.47. The molecule has 1 aromatic heterocycles. The van der Waals surface area contributed by atoms with E-state index >= 15 is 0 Å². The van der Waals surface area contributed by atoms with Gasteiger partial charge in [0.2, 0.25) is 0 Å². The molecule has 0 aliphatic heterocycles. The topological polar surface area (TPSA) is 47.3 Å². The van der Waals surface area contributed by atoms with Crippen LogP contribution >= 0.6 is 0 Å². The van der Waals surface area contributed by atoms with Gasteiger partial charge < -0.3 is 9.84 Å². The second kappa shape index (κ2) is 9.23. The lowest BCUT2D eigenvalue weighted by Gasteiger charge is -2.15. The fraction of sp³-hybridized carbons (Fsp3) is 0.250. The molecule has 4 rings (SSSR count). The SMILES string of the molecule is CC(C)Oc1cccc(-c2cccc(-n3cc(C(C)(C)O)nc3-c3ccccc3C(F)(F)F)c2)c1. The van der Waals surface area contributed by atoms with Crippen LogP contribution in [-0.4, -0.2) is 20.8 Å². The average Bonchev–Trinajstić information content (AvgIpc) is 3.24. The third kappa shape index (κ3) is 5.41. The van der Waals surface area contributed by atoms with Crippen molar-refractivity contribution < 1.29 is 23.0 Å². The molecule has 0 saturated carbocycles. The number of benzene rings is 3.